The van der Waals surface area contributed by atoms with E-state index in [4.69, 9.17) is 4.89 Å². The summed E-state index contributed by atoms with van der Waals surface area (Å²) < 4.78 is 0. The van der Waals surface area contributed by atoms with Crippen molar-refractivity contribution in [1.29, 1.82) is 0 Å². The fourth-order valence-corrected chi connectivity index (χ4v) is 1.59. The van der Waals surface area contributed by atoms with Crippen molar-refractivity contribution >= 4 is 0 Å². The van der Waals surface area contributed by atoms with Gasteiger partial charge < -0.3 is 0 Å². The summed E-state index contributed by atoms with van der Waals surface area (Å²) in [4.78, 5) is 9.54. The fourth-order valence-electron chi connectivity index (χ4n) is 1.59. The Morgan fingerprint density at radius 3 is 3.31 bits per heavy atom. The van der Waals surface area contributed by atoms with Gasteiger partial charge in [0.1, 0.15) is 0 Å². The number of nitrogens with zero attached hydrogens (tertiary/aromatic N) is 1. The number of hydrogen-bond donors (Lipinski definition) is 1. The largest absolute Gasteiger partial charge is 0.298 e. The molecule has 0 bridgehead atoms. The predicted molar refractivity (Wildman–Crippen MR) is 45.4 cm³/mol. The third-order valence-electron chi connectivity index (χ3n) is 2.23. The zero-order valence-corrected chi connectivity index (χ0v) is 6.81. The highest BCUT2D eigenvalue weighted by atomic mass is 17.3. The number of fused-ring (bicyclic) bond motifs is 3. The molecule has 1 aliphatic carbocycles. The molecule has 1 atom stereocenters. The number of hydrazine groups is 1. The van der Waals surface area contributed by atoms with E-state index >= 15 is 0 Å². The predicted octanol–water partition coefficient (Wildman–Crippen LogP) is 0.946. The van der Waals surface area contributed by atoms with E-state index in [0.29, 0.717) is 5.88 Å². The van der Waals surface area contributed by atoms with Gasteiger partial charge in [-0.15, -0.1) is 0 Å². The lowest BCUT2D eigenvalue weighted by atomic mass is 9.99. The standard InChI is InChI=1S/C9H8N2O2/c1-2-4-8-7(3-1)5-6-9-11(8)10-13-12-9/h1-6,8,10H. The van der Waals surface area contributed by atoms with Crippen molar-refractivity contribution in [2.75, 3.05) is 0 Å². The molecule has 4 nitrogen and oxygen atoms in total. The maximum Gasteiger partial charge on any atom is 0.252 e. The van der Waals surface area contributed by atoms with Crippen molar-refractivity contribution < 1.29 is 9.88 Å². The van der Waals surface area contributed by atoms with Crippen molar-refractivity contribution in [2.24, 2.45) is 0 Å². The van der Waals surface area contributed by atoms with Crippen LogP contribution in [0.3, 0.4) is 0 Å². The molecule has 1 saturated heterocycles. The molecule has 3 rings (SSSR count). The molecule has 2 aliphatic heterocycles. The lowest BCUT2D eigenvalue weighted by Gasteiger charge is -2.27. The molecule has 2 heterocycles. The number of hydrogen-bond acceptors (Lipinski definition) is 4. The van der Waals surface area contributed by atoms with E-state index < -0.39 is 0 Å². The van der Waals surface area contributed by atoms with E-state index in [1.807, 2.05) is 29.3 Å². The first-order valence-corrected chi connectivity index (χ1v) is 4.10. The third kappa shape index (κ3) is 0.929. The molecule has 0 aromatic heterocycles. The Kier molecular flexibility index (Phi) is 1.32. The van der Waals surface area contributed by atoms with Crippen LogP contribution in [-0.4, -0.2) is 11.1 Å². The van der Waals surface area contributed by atoms with Gasteiger partial charge in [0.25, 0.3) is 5.88 Å². The quantitative estimate of drug-likeness (QED) is 0.557. The van der Waals surface area contributed by atoms with Gasteiger partial charge in [0, 0.05) is 6.08 Å². The van der Waals surface area contributed by atoms with Crippen molar-refractivity contribution in [3.63, 3.8) is 0 Å². The minimum Gasteiger partial charge on any atom is -0.298 e. The Balaban J connectivity index is 2.03. The van der Waals surface area contributed by atoms with Gasteiger partial charge in [0.05, 0.1) is 6.04 Å². The van der Waals surface area contributed by atoms with Crippen molar-refractivity contribution in [3.05, 3.63) is 47.9 Å². The lowest BCUT2D eigenvalue weighted by molar-refractivity contribution is -0.272. The molecular formula is C9H8N2O2. The fraction of sp³-hybridized carbons (Fsp3) is 0.111. The zero-order valence-electron chi connectivity index (χ0n) is 6.81. The normalized spacial score (nSPS) is 28.9. The Morgan fingerprint density at radius 1 is 1.31 bits per heavy atom. The van der Waals surface area contributed by atoms with E-state index in [-0.39, 0.29) is 6.04 Å². The highest BCUT2D eigenvalue weighted by molar-refractivity contribution is 5.41. The van der Waals surface area contributed by atoms with Crippen LogP contribution in [-0.2, 0) is 9.88 Å². The Bertz CT molecular complexity index is 355. The topological polar surface area (TPSA) is 33.7 Å². The van der Waals surface area contributed by atoms with Crippen LogP contribution in [0.2, 0.25) is 0 Å². The molecule has 0 amide bonds. The van der Waals surface area contributed by atoms with Gasteiger partial charge >= 0.3 is 0 Å². The molecule has 1 unspecified atom stereocenters. The van der Waals surface area contributed by atoms with Crippen LogP contribution in [0.1, 0.15) is 0 Å². The third-order valence-corrected chi connectivity index (χ3v) is 2.23. The van der Waals surface area contributed by atoms with Crippen LogP contribution in [0.5, 0.6) is 0 Å². The summed E-state index contributed by atoms with van der Waals surface area (Å²) in [6.07, 6.45) is 12.0. The lowest BCUT2D eigenvalue weighted by Crippen LogP contribution is -2.40. The van der Waals surface area contributed by atoms with Crippen molar-refractivity contribution in [1.82, 2.24) is 10.6 Å². The summed E-state index contributed by atoms with van der Waals surface area (Å²) in [7, 11) is 0. The zero-order chi connectivity index (χ0) is 8.67. The minimum atomic E-state index is 0.174. The van der Waals surface area contributed by atoms with E-state index in [1.54, 1.807) is 0 Å². The molecule has 66 valence electrons. The molecule has 1 fully saturated rings. The summed E-state index contributed by atoms with van der Waals surface area (Å²) in [5.41, 5.74) is 3.89. The van der Waals surface area contributed by atoms with Gasteiger partial charge in [-0.3, -0.25) is 4.89 Å². The molecule has 3 aliphatic rings. The summed E-state index contributed by atoms with van der Waals surface area (Å²) in [6.45, 7) is 0. The van der Waals surface area contributed by atoms with Crippen molar-refractivity contribution in [3.8, 4) is 0 Å². The Morgan fingerprint density at radius 2 is 2.31 bits per heavy atom. The monoisotopic (exact) mass is 176 g/mol. The molecule has 0 aromatic carbocycles. The number of rotatable bonds is 0. The van der Waals surface area contributed by atoms with Crippen LogP contribution in [0.25, 0.3) is 0 Å². The smallest absolute Gasteiger partial charge is 0.252 e. The van der Waals surface area contributed by atoms with Crippen LogP contribution in [0.15, 0.2) is 47.9 Å². The van der Waals surface area contributed by atoms with E-state index in [0.717, 1.165) is 0 Å². The molecule has 0 saturated carbocycles. The number of allylic oxidation sites excluding steroid dienone is 4. The van der Waals surface area contributed by atoms with Gasteiger partial charge in [-0.2, -0.15) is 0 Å². The maximum atomic E-state index is 4.88. The molecule has 4 heteroatoms. The first kappa shape index (κ1) is 6.94. The van der Waals surface area contributed by atoms with Gasteiger partial charge in [-0.05, 0) is 5.57 Å². The van der Waals surface area contributed by atoms with E-state index in [9.17, 15) is 0 Å². The second-order valence-corrected chi connectivity index (χ2v) is 2.99. The molecule has 0 aromatic rings. The summed E-state index contributed by atoms with van der Waals surface area (Å²) in [5.74, 6) is 0.689. The first-order valence-electron chi connectivity index (χ1n) is 4.10. The van der Waals surface area contributed by atoms with E-state index in [2.05, 4.69) is 22.7 Å². The average Bonchev–Trinajstić information content (AvgIpc) is 2.65. The summed E-state index contributed by atoms with van der Waals surface area (Å²) in [5, 5.41) is 1.83. The van der Waals surface area contributed by atoms with Gasteiger partial charge in [0.2, 0.25) is 0 Å². The molecule has 0 radical (unpaired) electrons. The minimum absolute atomic E-state index is 0.174. The summed E-state index contributed by atoms with van der Waals surface area (Å²) in [6, 6.07) is 0.174. The second-order valence-electron chi connectivity index (χ2n) is 2.99. The maximum absolute atomic E-state index is 4.88. The number of nitrogens with one attached hydrogen (secondary N) is 1. The van der Waals surface area contributed by atoms with Crippen LogP contribution in [0, 0.1) is 0 Å². The molecule has 0 spiro atoms. The van der Waals surface area contributed by atoms with E-state index in [1.165, 1.54) is 5.57 Å². The molecular weight excluding hydrogens is 168 g/mol. The second kappa shape index (κ2) is 2.48. The summed E-state index contributed by atoms with van der Waals surface area (Å²) >= 11 is 0. The molecule has 13 heavy (non-hydrogen) atoms. The first-order chi connectivity index (χ1) is 6.45. The highest BCUT2D eigenvalue weighted by Crippen LogP contribution is 2.27. The van der Waals surface area contributed by atoms with Crippen LogP contribution >= 0.6 is 0 Å². The van der Waals surface area contributed by atoms with Gasteiger partial charge in [-0.25, -0.2) is 5.01 Å². The highest BCUT2D eigenvalue weighted by Gasteiger charge is 2.31. The Labute approximate surface area is 75.3 Å². The molecule has 1 N–H and O–H groups in total. The van der Waals surface area contributed by atoms with Crippen molar-refractivity contribution in [2.45, 2.75) is 6.04 Å². The van der Waals surface area contributed by atoms with Gasteiger partial charge in [0.15, 0.2) is 0 Å². The SMILES string of the molecule is C1=CC2=CC=C3OONN3C2C=C1. The van der Waals surface area contributed by atoms with Gasteiger partial charge in [-0.1, -0.05) is 41.0 Å². The Hall–Kier alpha value is -1.52. The average molecular weight is 176 g/mol. The van der Waals surface area contributed by atoms with Crippen LogP contribution < -0.4 is 5.59 Å². The van der Waals surface area contributed by atoms with Crippen LogP contribution in [0.4, 0.5) is 0 Å².